The largest absolute Gasteiger partial charge is 0.481 e. The van der Waals surface area contributed by atoms with Crippen LogP contribution in [0.5, 0.6) is 0 Å². The molecule has 15 nitrogen and oxygen atoms in total. The first kappa shape index (κ1) is 62.1. The molecule has 0 saturated heterocycles. The van der Waals surface area contributed by atoms with E-state index in [1.54, 1.807) is 18.2 Å². The van der Waals surface area contributed by atoms with Gasteiger partial charge in [0.25, 0.3) is 0 Å². The highest BCUT2D eigenvalue weighted by molar-refractivity contribution is 8.00. The molecule has 0 aliphatic rings. The molecule has 0 aromatic carbocycles. The van der Waals surface area contributed by atoms with E-state index in [1.807, 2.05) is 18.2 Å². The van der Waals surface area contributed by atoms with Crippen LogP contribution in [-0.4, -0.2) is 99.2 Å². The Morgan fingerprint density at radius 1 is 0.652 bits per heavy atom. The highest BCUT2D eigenvalue weighted by Crippen LogP contribution is 2.43. The Hall–Kier alpha value is -3.86. The van der Waals surface area contributed by atoms with Crippen molar-refractivity contribution < 1.29 is 62.5 Å². The number of phosphoric ester groups is 1. The predicted octanol–water partition coefficient (Wildman–Crippen LogP) is 9.37. The Morgan fingerprint density at radius 3 is 1.85 bits per heavy atom. The average Bonchev–Trinajstić information content (AvgIpc) is 3.28. The zero-order chi connectivity index (χ0) is 49.1. The van der Waals surface area contributed by atoms with Gasteiger partial charge in [0.2, 0.25) is 0 Å². The number of ether oxygens (including phenoxy) is 2. The van der Waals surface area contributed by atoms with Crippen LogP contribution in [0.25, 0.3) is 0 Å². The van der Waals surface area contributed by atoms with E-state index in [1.165, 1.54) is 31.0 Å². The molecule has 6 atom stereocenters. The van der Waals surface area contributed by atoms with Crippen LogP contribution in [0, 0.1) is 0 Å². The number of carbonyl (C=O) groups is 4. The van der Waals surface area contributed by atoms with Crippen molar-refractivity contribution in [2.75, 3.05) is 25.6 Å². The number of thioether (sulfide) groups is 1. The Kier molecular flexibility index (Phi) is 40.0. The third kappa shape index (κ3) is 39.3. The standard InChI is InChI=1S/C49H79N2O13PS/c1-3-5-7-9-11-13-15-17-18-19-20-21-23-25-27-29-31-36-47(55)64-41(38-62-65(59,60)63-39-42(50)48(56)57)37-61-49(58)43(51)40-66-45(44(52)33-32-35-46(53)54)34-30-28-26-24-22-16-14-12-10-8-6-4-2/h5,7,11-14,17-18,20-22,24,26,28,30,34,41-45,52H,3-4,6,8-10,15-16,19,23,25,27,29,31-33,35-40,50-51H2,1-2H3,(H,53,54)(H,56,57)(H,59,60)/b7-5-,13-11-,14-12-,18-17-,21-20-,24-22-,28-26+,34-30+/t41-,42+,43+,44+,45-/m1/s1. The summed E-state index contributed by atoms with van der Waals surface area (Å²) in [5.41, 5.74) is 11.5. The second-order valence-electron chi connectivity index (χ2n) is 15.4. The summed E-state index contributed by atoms with van der Waals surface area (Å²) >= 11 is 1.17. The lowest BCUT2D eigenvalue weighted by atomic mass is 10.1. The maximum atomic E-state index is 13.0. The number of esters is 2. The molecule has 0 saturated carbocycles. The highest BCUT2D eigenvalue weighted by atomic mass is 32.2. The molecule has 0 aliphatic carbocycles. The van der Waals surface area contributed by atoms with Gasteiger partial charge in [-0.3, -0.25) is 28.2 Å². The van der Waals surface area contributed by atoms with E-state index in [2.05, 4.69) is 79.1 Å². The van der Waals surface area contributed by atoms with Gasteiger partial charge in [0.05, 0.1) is 19.3 Å². The van der Waals surface area contributed by atoms with Gasteiger partial charge in [-0.15, -0.1) is 11.8 Å². The number of aliphatic hydroxyl groups excluding tert-OH is 1. The number of allylic oxidation sites excluding steroid dienone is 15. The number of carboxylic acid groups (broad SMARTS) is 2. The summed E-state index contributed by atoms with van der Waals surface area (Å²) in [5, 5.41) is 28.3. The third-order valence-corrected chi connectivity index (χ3v) is 11.7. The molecular formula is C49H79N2O13PS. The van der Waals surface area contributed by atoms with Crippen molar-refractivity contribution in [1.29, 1.82) is 0 Å². The molecule has 0 amide bonds. The molecule has 8 N–H and O–H groups in total. The van der Waals surface area contributed by atoms with Gasteiger partial charge in [0.15, 0.2) is 6.10 Å². The number of unbranched alkanes of at least 4 members (excludes halogenated alkanes) is 7. The number of aliphatic hydroxyl groups is 1. The molecule has 0 aromatic rings. The molecule has 0 rings (SSSR count). The second kappa shape index (κ2) is 42.5. The minimum absolute atomic E-state index is 0.00914. The van der Waals surface area contributed by atoms with Crippen LogP contribution < -0.4 is 11.5 Å². The lowest BCUT2D eigenvalue weighted by Crippen LogP contribution is -2.38. The van der Waals surface area contributed by atoms with Crippen molar-refractivity contribution in [2.45, 2.75) is 159 Å². The number of hydrogen-bond donors (Lipinski definition) is 6. The lowest BCUT2D eigenvalue weighted by Gasteiger charge is -2.22. The van der Waals surface area contributed by atoms with Crippen molar-refractivity contribution in [2.24, 2.45) is 11.5 Å². The van der Waals surface area contributed by atoms with Crippen LogP contribution in [0.4, 0.5) is 0 Å². The number of carbonyl (C=O) groups excluding carboxylic acids is 2. The average molecular weight is 967 g/mol. The Bertz CT molecular complexity index is 1610. The van der Waals surface area contributed by atoms with Gasteiger partial charge in [-0.25, -0.2) is 4.57 Å². The monoisotopic (exact) mass is 967 g/mol. The van der Waals surface area contributed by atoms with Gasteiger partial charge in [0.1, 0.15) is 18.7 Å². The maximum absolute atomic E-state index is 13.0. The molecule has 66 heavy (non-hydrogen) atoms. The number of carboxylic acids is 2. The normalized spacial score (nSPS) is 15.8. The molecular weight excluding hydrogens is 888 g/mol. The third-order valence-electron chi connectivity index (χ3n) is 9.31. The fraction of sp³-hybridized carbons (Fsp3) is 0.592. The van der Waals surface area contributed by atoms with Crippen LogP contribution in [-0.2, 0) is 42.3 Å². The van der Waals surface area contributed by atoms with Crippen molar-refractivity contribution in [1.82, 2.24) is 0 Å². The summed E-state index contributed by atoms with van der Waals surface area (Å²) < 4.78 is 32.8. The van der Waals surface area contributed by atoms with E-state index < -0.39 is 81.1 Å². The van der Waals surface area contributed by atoms with Crippen LogP contribution in [0.15, 0.2) is 97.2 Å². The fourth-order valence-electron chi connectivity index (χ4n) is 5.55. The predicted molar refractivity (Wildman–Crippen MR) is 264 cm³/mol. The molecule has 0 spiro atoms. The number of hydrogen-bond acceptors (Lipinski definition) is 13. The first-order valence-electron chi connectivity index (χ1n) is 23.2. The Morgan fingerprint density at radius 2 is 1.23 bits per heavy atom. The van der Waals surface area contributed by atoms with E-state index in [4.69, 9.17) is 35.7 Å². The van der Waals surface area contributed by atoms with E-state index in [0.717, 1.165) is 64.2 Å². The van der Waals surface area contributed by atoms with Crippen molar-refractivity contribution >= 4 is 43.5 Å². The summed E-state index contributed by atoms with van der Waals surface area (Å²) in [6, 6.07) is -2.81. The molecule has 17 heteroatoms. The minimum atomic E-state index is -4.87. The van der Waals surface area contributed by atoms with Crippen molar-refractivity contribution in [3.8, 4) is 0 Å². The van der Waals surface area contributed by atoms with E-state index in [9.17, 15) is 33.7 Å². The minimum Gasteiger partial charge on any atom is -0.481 e. The Labute approximate surface area is 397 Å². The summed E-state index contributed by atoms with van der Waals surface area (Å²) in [7, 11) is -4.87. The molecule has 374 valence electrons. The van der Waals surface area contributed by atoms with Gasteiger partial charge in [-0.2, -0.15) is 0 Å². The summed E-state index contributed by atoms with van der Waals surface area (Å²) in [6.45, 7) is 2.10. The summed E-state index contributed by atoms with van der Waals surface area (Å²) in [5.74, 6) is -4.01. The van der Waals surface area contributed by atoms with Crippen molar-refractivity contribution in [3.63, 3.8) is 0 Å². The molecule has 0 fully saturated rings. The second-order valence-corrected chi connectivity index (χ2v) is 18.0. The van der Waals surface area contributed by atoms with Gasteiger partial charge in [0, 0.05) is 23.8 Å². The van der Waals surface area contributed by atoms with Crippen LogP contribution in [0.2, 0.25) is 0 Å². The number of phosphoric acid groups is 1. The SMILES string of the molecule is CC/C=C\C/C=C\C/C=C\C/C=C\CCCCCCC(=O)O[C@H](COC(=O)[C@@H](N)CS[C@H](/C=C/C=C/C=C\C/C=C\CCCCC)[C@@H](O)CCCC(=O)O)COP(=O)(O)OC[C@H](N)C(=O)O. The maximum Gasteiger partial charge on any atom is 0.472 e. The van der Waals surface area contributed by atoms with Crippen LogP contribution in [0.1, 0.15) is 129 Å². The molecule has 0 heterocycles. The molecule has 0 aromatic heterocycles. The zero-order valence-electron chi connectivity index (χ0n) is 39.2. The first-order chi connectivity index (χ1) is 31.7. The number of rotatable bonds is 42. The van der Waals surface area contributed by atoms with Gasteiger partial charge >= 0.3 is 31.7 Å². The van der Waals surface area contributed by atoms with Gasteiger partial charge in [-0.1, -0.05) is 137 Å². The highest BCUT2D eigenvalue weighted by Gasteiger charge is 2.29. The van der Waals surface area contributed by atoms with E-state index in [-0.39, 0.29) is 31.4 Å². The Balaban J connectivity index is 5.26. The number of nitrogens with two attached hydrogens (primary N) is 2. The molecule has 0 bridgehead atoms. The fourth-order valence-corrected chi connectivity index (χ4v) is 7.46. The molecule has 0 radical (unpaired) electrons. The van der Waals surface area contributed by atoms with Crippen molar-refractivity contribution in [3.05, 3.63) is 97.2 Å². The van der Waals surface area contributed by atoms with Gasteiger partial charge < -0.3 is 41.2 Å². The quantitative estimate of drug-likeness (QED) is 0.0109. The number of aliphatic carboxylic acids is 2. The first-order valence-corrected chi connectivity index (χ1v) is 25.7. The summed E-state index contributed by atoms with van der Waals surface area (Å²) in [6.07, 6.45) is 43.8. The van der Waals surface area contributed by atoms with E-state index >= 15 is 0 Å². The summed E-state index contributed by atoms with van der Waals surface area (Å²) in [4.78, 5) is 57.9. The molecule has 0 aliphatic heterocycles. The molecule has 1 unspecified atom stereocenters. The van der Waals surface area contributed by atoms with E-state index in [0.29, 0.717) is 6.42 Å². The van der Waals surface area contributed by atoms with Gasteiger partial charge in [-0.05, 0) is 77.0 Å². The smallest absolute Gasteiger partial charge is 0.472 e. The van der Waals surface area contributed by atoms with Crippen LogP contribution >= 0.6 is 19.6 Å². The van der Waals surface area contributed by atoms with Crippen LogP contribution in [0.3, 0.4) is 0 Å². The lowest BCUT2D eigenvalue weighted by molar-refractivity contribution is -0.161. The zero-order valence-corrected chi connectivity index (χ0v) is 40.9. The topological polar surface area (TPSA) is 255 Å².